The highest BCUT2D eigenvalue weighted by Gasteiger charge is 2.23. The summed E-state index contributed by atoms with van der Waals surface area (Å²) in [5.41, 5.74) is 2.73. The molecular formula is C20H20N2O3. The van der Waals surface area contributed by atoms with E-state index in [1.54, 1.807) is 20.8 Å². The van der Waals surface area contributed by atoms with Gasteiger partial charge < -0.3 is 15.0 Å². The van der Waals surface area contributed by atoms with Crippen molar-refractivity contribution in [1.82, 2.24) is 4.98 Å². The molecule has 0 unspecified atom stereocenters. The van der Waals surface area contributed by atoms with Gasteiger partial charge in [-0.2, -0.15) is 0 Å². The van der Waals surface area contributed by atoms with Crippen LogP contribution in [-0.4, -0.2) is 23.5 Å². The number of anilines is 1. The number of amides is 1. The standard InChI is InChI=1S/C20H20N2O3/c1-4-25-20(24)17-12(2)18(21-13(17)3)19(23)22-16-11-7-9-14-8-5-6-10-15(14)16/h5-11,21H,4H2,1-3H3,(H,22,23). The molecule has 2 N–H and O–H groups in total. The quantitative estimate of drug-likeness (QED) is 0.701. The Morgan fingerprint density at radius 3 is 2.56 bits per heavy atom. The Kier molecular flexibility index (Phi) is 4.57. The molecule has 3 aromatic rings. The minimum absolute atomic E-state index is 0.285. The van der Waals surface area contributed by atoms with Crippen LogP contribution in [0.25, 0.3) is 10.8 Å². The summed E-state index contributed by atoms with van der Waals surface area (Å²) in [6.07, 6.45) is 0. The molecule has 3 rings (SSSR count). The van der Waals surface area contributed by atoms with Crippen molar-refractivity contribution in [3.63, 3.8) is 0 Å². The van der Waals surface area contributed by atoms with E-state index in [0.717, 1.165) is 16.5 Å². The smallest absolute Gasteiger partial charge is 0.340 e. The van der Waals surface area contributed by atoms with Crippen LogP contribution in [0, 0.1) is 13.8 Å². The van der Waals surface area contributed by atoms with E-state index < -0.39 is 5.97 Å². The maximum Gasteiger partial charge on any atom is 0.340 e. The first kappa shape index (κ1) is 16.8. The Hall–Kier alpha value is -3.08. The number of carbonyl (C=O) groups excluding carboxylic acids is 2. The Morgan fingerprint density at radius 2 is 1.80 bits per heavy atom. The minimum Gasteiger partial charge on any atom is -0.462 e. The lowest BCUT2D eigenvalue weighted by Gasteiger charge is -2.08. The molecule has 0 aliphatic heterocycles. The third kappa shape index (κ3) is 3.13. The molecule has 0 saturated carbocycles. The summed E-state index contributed by atoms with van der Waals surface area (Å²) in [6, 6.07) is 13.6. The van der Waals surface area contributed by atoms with E-state index in [9.17, 15) is 9.59 Å². The van der Waals surface area contributed by atoms with Crippen LogP contribution in [0.5, 0.6) is 0 Å². The second-order valence-electron chi connectivity index (χ2n) is 5.83. The van der Waals surface area contributed by atoms with Crippen molar-refractivity contribution < 1.29 is 14.3 Å². The van der Waals surface area contributed by atoms with Gasteiger partial charge in [0, 0.05) is 16.8 Å². The van der Waals surface area contributed by atoms with Crippen molar-refractivity contribution in [2.24, 2.45) is 0 Å². The lowest BCUT2D eigenvalue weighted by atomic mass is 10.1. The van der Waals surface area contributed by atoms with Crippen LogP contribution in [0.4, 0.5) is 5.69 Å². The van der Waals surface area contributed by atoms with Crippen LogP contribution < -0.4 is 5.32 Å². The number of aromatic nitrogens is 1. The van der Waals surface area contributed by atoms with Crippen LogP contribution in [0.2, 0.25) is 0 Å². The summed E-state index contributed by atoms with van der Waals surface area (Å²) in [4.78, 5) is 27.8. The van der Waals surface area contributed by atoms with Gasteiger partial charge >= 0.3 is 5.97 Å². The number of rotatable bonds is 4. The van der Waals surface area contributed by atoms with E-state index >= 15 is 0 Å². The van der Waals surface area contributed by atoms with Crippen molar-refractivity contribution in [2.75, 3.05) is 11.9 Å². The van der Waals surface area contributed by atoms with Crippen molar-refractivity contribution >= 4 is 28.3 Å². The number of aryl methyl sites for hydroxylation is 1. The highest BCUT2D eigenvalue weighted by atomic mass is 16.5. The number of carbonyl (C=O) groups is 2. The number of nitrogens with one attached hydrogen (secondary N) is 2. The summed E-state index contributed by atoms with van der Waals surface area (Å²) in [5, 5.41) is 4.94. The molecule has 5 heteroatoms. The Bertz CT molecular complexity index is 951. The lowest BCUT2D eigenvalue weighted by molar-refractivity contribution is 0.0525. The highest BCUT2D eigenvalue weighted by Crippen LogP contribution is 2.25. The number of esters is 1. The number of H-pyrrole nitrogens is 1. The molecule has 0 atom stereocenters. The molecular weight excluding hydrogens is 316 g/mol. The average molecular weight is 336 g/mol. The molecule has 0 saturated heterocycles. The van der Waals surface area contributed by atoms with Gasteiger partial charge in [-0.15, -0.1) is 0 Å². The molecule has 0 bridgehead atoms. The molecule has 25 heavy (non-hydrogen) atoms. The molecule has 1 amide bonds. The third-order valence-electron chi connectivity index (χ3n) is 4.18. The summed E-state index contributed by atoms with van der Waals surface area (Å²) >= 11 is 0. The molecule has 0 fully saturated rings. The second-order valence-corrected chi connectivity index (χ2v) is 5.83. The zero-order chi connectivity index (χ0) is 18.0. The van der Waals surface area contributed by atoms with Gasteiger partial charge in [-0.1, -0.05) is 36.4 Å². The monoisotopic (exact) mass is 336 g/mol. The number of ether oxygens (including phenoxy) is 1. The van der Waals surface area contributed by atoms with Crippen molar-refractivity contribution in [3.8, 4) is 0 Å². The van der Waals surface area contributed by atoms with Gasteiger partial charge in [0.05, 0.1) is 12.2 Å². The molecule has 2 aromatic carbocycles. The molecule has 1 heterocycles. The zero-order valence-electron chi connectivity index (χ0n) is 14.5. The summed E-state index contributed by atoms with van der Waals surface area (Å²) < 4.78 is 5.07. The Morgan fingerprint density at radius 1 is 1.08 bits per heavy atom. The van der Waals surface area contributed by atoms with Crippen LogP contribution in [0.3, 0.4) is 0 Å². The predicted molar refractivity (Wildman–Crippen MR) is 98.1 cm³/mol. The number of fused-ring (bicyclic) bond motifs is 1. The molecule has 0 spiro atoms. The largest absolute Gasteiger partial charge is 0.462 e. The second kappa shape index (κ2) is 6.81. The number of hydrogen-bond donors (Lipinski definition) is 2. The van der Waals surface area contributed by atoms with Gasteiger partial charge in [-0.3, -0.25) is 4.79 Å². The fourth-order valence-electron chi connectivity index (χ4n) is 3.01. The summed E-state index contributed by atoms with van der Waals surface area (Å²) in [6.45, 7) is 5.55. The number of benzene rings is 2. The van der Waals surface area contributed by atoms with Gasteiger partial charge in [-0.25, -0.2) is 4.79 Å². The van der Waals surface area contributed by atoms with Crippen molar-refractivity contribution in [1.29, 1.82) is 0 Å². The SMILES string of the molecule is CCOC(=O)c1c(C)[nH]c(C(=O)Nc2cccc3ccccc23)c1C. The molecule has 128 valence electrons. The van der Waals surface area contributed by atoms with Gasteiger partial charge in [0.2, 0.25) is 0 Å². The molecule has 0 aliphatic carbocycles. The topological polar surface area (TPSA) is 71.2 Å². The van der Waals surface area contributed by atoms with Crippen LogP contribution in [0.1, 0.15) is 39.0 Å². The van der Waals surface area contributed by atoms with Gasteiger partial charge in [0.15, 0.2) is 0 Å². The normalized spacial score (nSPS) is 10.7. The first-order chi connectivity index (χ1) is 12.0. The molecule has 0 radical (unpaired) electrons. The van der Waals surface area contributed by atoms with E-state index in [1.165, 1.54) is 0 Å². The van der Waals surface area contributed by atoms with Gasteiger partial charge in [-0.05, 0) is 37.8 Å². The van der Waals surface area contributed by atoms with E-state index in [2.05, 4.69) is 10.3 Å². The van der Waals surface area contributed by atoms with Crippen LogP contribution >= 0.6 is 0 Å². The first-order valence-corrected chi connectivity index (χ1v) is 8.18. The third-order valence-corrected chi connectivity index (χ3v) is 4.18. The fraction of sp³-hybridized carbons (Fsp3) is 0.200. The number of aromatic amines is 1. The molecule has 1 aromatic heterocycles. The highest BCUT2D eigenvalue weighted by molar-refractivity contribution is 6.10. The fourth-order valence-corrected chi connectivity index (χ4v) is 3.01. The maximum atomic E-state index is 12.7. The first-order valence-electron chi connectivity index (χ1n) is 8.18. The van der Waals surface area contributed by atoms with Gasteiger partial charge in [0.1, 0.15) is 5.69 Å². The van der Waals surface area contributed by atoms with E-state index in [4.69, 9.17) is 4.74 Å². The maximum absolute atomic E-state index is 12.7. The molecule has 0 aliphatic rings. The Labute approximate surface area is 146 Å². The molecule has 5 nitrogen and oxygen atoms in total. The van der Waals surface area contributed by atoms with Crippen LogP contribution in [0.15, 0.2) is 42.5 Å². The van der Waals surface area contributed by atoms with Crippen molar-refractivity contribution in [3.05, 3.63) is 65.0 Å². The minimum atomic E-state index is -0.419. The van der Waals surface area contributed by atoms with Crippen LogP contribution in [-0.2, 0) is 4.74 Å². The summed E-state index contributed by atoms with van der Waals surface area (Å²) in [7, 11) is 0. The Balaban J connectivity index is 1.94. The van der Waals surface area contributed by atoms with E-state index in [-0.39, 0.29) is 5.91 Å². The lowest BCUT2D eigenvalue weighted by Crippen LogP contribution is -2.14. The van der Waals surface area contributed by atoms with Gasteiger partial charge in [0.25, 0.3) is 5.91 Å². The summed E-state index contributed by atoms with van der Waals surface area (Å²) in [5.74, 6) is -0.703. The zero-order valence-corrected chi connectivity index (χ0v) is 14.5. The van der Waals surface area contributed by atoms with Crippen molar-refractivity contribution in [2.45, 2.75) is 20.8 Å². The number of hydrogen-bond acceptors (Lipinski definition) is 3. The van der Waals surface area contributed by atoms with E-state index in [1.807, 2.05) is 42.5 Å². The van der Waals surface area contributed by atoms with E-state index in [0.29, 0.717) is 29.1 Å². The average Bonchev–Trinajstić information content (AvgIpc) is 2.90. The predicted octanol–water partition coefficient (Wildman–Crippen LogP) is 4.21.